The zero-order valence-electron chi connectivity index (χ0n) is 18.6. The Morgan fingerprint density at radius 1 is 1.17 bits per heavy atom. The zero-order valence-corrected chi connectivity index (χ0v) is 18.6. The molecule has 1 heterocycles. The number of benzene rings is 1. The van der Waals surface area contributed by atoms with Crippen molar-refractivity contribution in [3.63, 3.8) is 0 Å². The van der Waals surface area contributed by atoms with Crippen LogP contribution in [0.15, 0.2) is 23.2 Å². The summed E-state index contributed by atoms with van der Waals surface area (Å²) in [6.45, 7) is 9.30. The van der Waals surface area contributed by atoms with Gasteiger partial charge in [-0.2, -0.15) is 0 Å². The van der Waals surface area contributed by atoms with E-state index in [2.05, 4.69) is 28.5 Å². The van der Waals surface area contributed by atoms with E-state index in [1.54, 1.807) is 7.11 Å². The van der Waals surface area contributed by atoms with Gasteiger partial charge in [-0.15, -0.1) is 0 Å². The SMILES string of the molecule is CCNC(=NCc1ccc(OC2CCCC2)c(OC)c1)NCCCN1CCOCC1. The van der Waals surface area contributed by atoms with Gasteiger partial charge >= 0.3 is 0 Å². The first-order valence-electron chi connectivity index (χ1n) is 11.4. The van der Waals surface area contributed by atoms with Gasteiger partial charge in [0.05, 0.1) is 33.0 Å². The molecule has 0 aromatic heterocycles. The highest BCUT2D eigenvalue weighted by Crippen LogP contribution is 2.32. The minimum absolute atomic E-state index is 0.324. The molecule has 2 N–H and O–H groups in total. The van der Waals surface area contributed by atoms with Gasteiger partial charge < -0.3 is 24.8 Å². The number of hydrogen-bond donors (Lipinski definition) is 2. The molecular weight excluding hydrogens is 380 g/mol. The van der Waals surface area contributed by atoms with Crippen LogP contribution in [-0.4, -0.2) is 70.0 Å². The van der Waals surface area contributed by atoms with E-state index in [0.29, 0.717) is 12.6 Å². The number of methoxy groups -OCH3 is 1. The largest absolute Gasteiger partial charge is 0.493 e. The molecule has 7 nitrogen and oxygen atoms in total. The van der Waals surface area contributed by atoms with E-state index < -0.39 is 0 Å². The maximum absolute atomic E-state index is 6.13. The first kappa shape index (κ1) is 22.7. The summed E-state index contributed by atoms with van der Waals surface area (Å²) in [5.41, 5.74) is 1.11. The normalized spacial score (nSPS) is 18.4. The third-order valence-electron chi connectivity index (χ3n) is 5.64. The van der Waals surface area contributed by atoms with Crippen molar-refractivity contribution >= 4 is 5.96 Å². The zero-order chi connectivity index (χ0) is 21.0. The molecule has 2 fully saturated rings. The van der Waals surface area contributed by atoms with Crippen LogP contribution in [0.3, 0.4) is 0 Å². The molecule has 168 valence electrons. The molecule has 30 heavy (non-hydrogen) atoms. The topological polar surface area (TPSA) is 67.4 Å². The van der Waals surface area contributed by atoms with Crippen LogP contribution in [0.4, 0.5) is 0 Å². The Hall–Kier alpha value is -1.99. The quantitative estimate of drug-likeness (QED) is 0.346. The second kappa shape index (κ2) is 12.6. The van der Waals surface area contributed by atoms with Gasteiger partial charge in [-0.3, -0.25) is 4.90 Å². The van der Waals surface area contributed by atoms with Gasteiger partial charge in [-0.1, -0.05) is 6.07 Å². The summed E-state index contributed by atoms with van der Waals surface area (Å²) in [6, 6.07) is 6.14. The third-order valence-corrected chi connectivity index (χ3v) is 5.64. The predicted molar refractivity (Wildman–Crippen MR) is 121 cm³/mol. The minimum Gasteiger partial charge on any atom is -0.493 e. The van der Waals surface area contributed by atoms with E-state index >= 15 is 0 Å². The summed E-state index contributed by atoms with van der Waals surface area (Å²) in [7, 11) is 1.70. The van der Waals surface area contributed by atoms with Crippen molar-refractivity contribution in [2.24, 2.45) is 4.99 Å². The first-order chi connectivity index (χ1) is 14.8. The van der Waals surface area contributed by atoms with Crippen LogP contribution in [0, 0.1) is 0 Å². The second-order valence-corrected chi connectivity index (χ2v) is 7.94. The molecule has 1 saturated heterocycles. The van der Waals surface area contributed by atoms with Crippen molar-refractivity contribution in [1.29, 1.82) is 0 Å². The molecule has 0 radical (unpaired) electrons. The smallest absolute Gasteiger partial charge is 0.191 e. The van der Waals surface area contributed by atoms with Crippen LogP contribution in [0.1, 0.15) is 44.6 Å². The van der Waals surface area contributed by atoms with Crippen LogP contribution >= 0.6 is 0 Å². The van der Waals surface area contributed by atoms with Crippen LogP contribution in [0.2, 0.25) is 0 Å². The Morgan fingerprint density at radius 2 is 1.97 bits per heavy atom. The molecule has 1 aliphatic heterocycles. The van der Waals surface area contributed by atoms with Gasteiger partial charge in [0.1, 0.15) is 0 Å². The molecule has 1 aromatic carbocycles. The van der Waals surface area contributed by atoms with Crippen molar-refractivity contribution in [1.82, 2.24) is 15.5 Å². The summed E-state index contributed by atoms with van der Waals surface area (Å²) in [6.07, 6.45) is 6.20. The summed E-state index contributed by atoms with van der Waals surface area (Å²) in [4.78, 5) is 7.20. The Kier molecular flexibility index (Phi) is 9.57. The average molecular weight is 419 g/mol. The summed E-state index contributed by atoms with van der Waals surface area (Å²) < 4.78 is 17.1. The molecule has 0 unspecified atom stereocenters. The fourth-order valence-corrected chi connectivity index (χ4v) is 3.94. The monoisotopic (exact) mass is 418 g/mol. The molecule has 0 bridgehead atoms. The summed E-state index contributed by atoms with van der Waals surface area (Å²) in [5.74, 6) is 2.48. The number of rotatable bonds is 10. The van der Waals surface area contributed by atoms with Gasteiger partial charge in [0.2, 0.25) is 0 Å². The highest BCUT2D eigenvalue weighted by molar-refractivity contribution is 5.79. The standard InChI is InChI=1S/C23H38N4O3/c1-3-24-23(25-11-6-12-27-13-15-29-16-14-27)26-18-19-9-10-21(22(17-19)28-2)30-20-7-4-5-8-20/h9-10,17,20H,3-8,11-16,18H2,1-2H3,(H2,24,25,26). The van der Waals surface area contributed by atoms with E-state index in [1.165, 1.54) is 12.8 Å². The van der Waals surface area contributed by atoms with Crippen molar-refractivity contribution in [2.45, 2.75) is 51.7 Å². The van der Waals surface area contributed by atoms with Crippen LogP contribution < -0.4 is 20.1 Å². The van der Waals surface area contributed by atoms with Crippen LogP contribution in [0.25, 0.3) is 0 Å². The van der Waals surface area contributed by atoms with Gasteiger partial charge in [0, 0.05) is 26.2 Å². The fourth-order valence-electron chi connectivity index (χ4n) is 3.94. The van der Waals surface area contributed by atoms with Crippen molar-refractivity contribution in [2.75, 3.05) is 53.0 Å². The maximum atomic E-state index is 6.13. The fraction of sp³-hybridized carbons (Fsp3) is 0.696. The summed E-state index contributed by atoms with van der Waals surface area (Å²) in [5, 5.41) is 6.77. The number of guanidine groups is 1. The van der Waals surface area contributed by atoms with Crippen LogP contribution in [-0.2, 0) is 11.3 Å². The van der Waals surface area contributed by atoms with Gasteiger partial charge in [-0.25, -0.2) is 4.99 Å². The van der Waals surface area contributed by atoms with Gasteiger partial charge in [0.25, 0.3) is 0 Å². The molecule has 1 aliphatic carbocycles. The second-order valence-electron chi connectivity index (χ2n) is 7.94. The lowest BCUT2D eigenvalue weighted by atomic mass is 10.2. The molecule has 0 atom stereocenters. The van der Waals surface area contributed by atoms with E-state index in [0.717, 1.165) is 88.2 Å². The number of aliphatic imine (C=N–C) groups is 1. The first-order valence-corrected chi connectivity index (χ1v) is 11.4. The Morgan fingerprint density at radius 3 is 2.70 bits per heavy atom. The maximum Gasteiger partial charge on any atom is 0.191 e. The van der Waals surface area contributed by atoms with Crippen molar-refractivity contribution in [3.8, 4) is 11.5 Å². The Labute approximate surface area is 181 Å². The number of ether oxygens (including phenoxy) is 3. The van der Waals surface area contributed by atoms with E-state index in [1.807, 2.05) is 12.1 Å². The number of nitrogens with zero attached hydrogens (tertiary/aromatic N) is 2. The molecule has 7 heteroatoms. The van der Waals surface area contributed by atoms with Gasteiger partial charge in [-0.05, 0) is 63.3 Å². The van der Waals surface area contributed by atoms with E-state index in [9.17, 15) is 0 Å². The Bertz CT molecular complexity index is 656. The lowest BCUT2D eigenvalue weighted by Gasteiger charge is -2.26. The number of nitrogens with one attached hydrogen (secondary N) is 2. The van der Waals surface area contributed by atoms with Gasteiger partial charge in [0.15, 0.2) is 17.5 Å². The highest BCUT2D eigenvalue weighted by atomic mass is 16.5. The third kappa shape index (κ3) is 7.36. The molecular formula is C23H38N4O3. The summed E-state index contributed by atoms with van der Waals surface area (Å²) >= 11 is 0. The minimum atomic E-state index is 0.324. The molecule has 2 aliphatic rings. The lowest BCUT2D eigenvalue weighted by Crippen LogP contribution is -2.40. The molecule has 1 saturated carbocycles. The molecule has 0 amide bonds. The molecule has 0 spiro atoms. The lowest BCUT2D eigenvalue weighted by molar-refractivity contribution is 0.0376. The van der Waals surface area contributed by atoms with E-state index in [4.69, 9.17) is 19.2 Å². The number of morpholine rings is 1. The molecule has 1 aromatic rings. The van der Waals surface area contributed by atoms with Crippen LogP contribution in [0.5, 0.6) is 11.5 Å². The predicted octanol–water partition coefficient (Wildman–Crippen LogP) is 2.79. The highest BCUT2D eigenvalue weighted by Gasteiger charge is 2.18. The van der Waals surface area contributed by atoms with E-state index in [-0.39, 0.29) is 0 Å². The Balaban J connectivity index is 1.48. The molecule has 3 rings (SSSR count). The van der Waals surface area contributed by atoms with Crippen molar-refractivity contribution in [3.05, 3.63) is 23.8 Å². The average Bonchev–Trinajstić information content (AvgIpc) is 3.29. The number of hydrogen-bond acceptors (Lipinski definition) is 5. The van der Waals surface area contributed by atoms with Crippen molar-refractivity contribution < 1.29 is 14.2 Å².